The number of sulfonamides is 1. The lowest BCUT2D eigenvalue weighted by molar-refractivity contribution is -0.113. The molecular formula is C27H25F2N5O3S2. The number of aromatic nitrogens is 3. The molecule has 0 saturated carbocycles. The van der Waals surface area contributed by atoms with E-state index < -0.39 is 21.7 Å². The molecule has 5 rings (SSSR count). The van der Waals surface area contributed by atoms with Crippen LogP contribution in [-0.4, -0.2) is 52.2 Å². The van der Waals surface area contributed by atoms with Crippen LogP contribution < -0.4 is 5.32 Å². The van der Waals surface area contributed by atoms with Gasteiger partial charge < -0.3 is 5.32 Å². The lowest BCUT2D eigenvalue weighted by Crippen LogP contribution is -2.35. The highest BCUT2D eigenvalue weighted by Crippen LogP contribution is 2.30. The maximum Gasteiger partial charge on any atom is 0.243 e. The first kappa shape index (κ1) is 27.0. The fourth-order valence-corrected chi connectivity index (χ4v) is 6.57. The summed E-state index contributed by atoms with van der Waals surface area (Å²) in [6, 6.07) is 18.3. The van der Waals surface area contributed by atoms with E-state index in [9.17, 15) is 22.0 Å². The smallest absolute Gasteiger partial charge is 0.243 e. The summed E-state index contributed by atoms with van der Waals surface area (Å²) in [6.07, 6.45) is 2.72. The summed E-state index contributed by atoms with van der Waals surface area (Å²) >= 11 is 1.04. The number of piperidine rings is 1. The van der Waals surface area contributed by atoms with Crippen LogP contribution in [0.2, 0.25) is 0 Å². The first-order chi connectivity index (χ1) is 18.8. The second-order valence-corrected chi connectivity index (χ2v) is 11.8. The predicted molar refractivity (Wildman–Crippen MR) is 145 cm³/mol. The molecule has 3 aromatic carbocycles. The number of carbonyl (C=O) groups is 1. The van der Waals surface area contributed by atoms with Gasteiger partial charge in [0, 0.05) is 30.4 Å². The van der Waals surface area contributed by atoms with Crippen molar-refractivity contribution in [2.45, 2.75) is 29.3 Å². The maximum absolute atomic E-state index is 14.8. The fourth-order valence-electron chi connectivity index (χ4n) is 4.31. The van der Waals surface area contributed by atoms with Crippen molar-refractivity contribution >= 4 is 33.4 Å². The van der Waals surface area contributed by atoms with Crippen molar-refractivity contribution in [3.63, 3.8) is 0 Å². The molecule has 0 bridgehead atoms. The number of amides is 1. The number of anilines is 1. The Kier molecular flexibility index (Phi) is 8.05. The fraction of sp³-hybridized carbons (Fsp3) is 0.222. The Hall–Kier alpha value is -3.61. The summed E-state index contributed by atoms with van der Waals surface area (Å²) in [4.78, 5) is 12.9. The van der Waals surface area contributed by atoms with Gasteiger partial charge in [-0.2, -0.15) is 4.31 Å². The van der Waals surface area contributed by atoms with Gasteiger partial charge in [0.05, 0.1) is 16.3 Å². The van der Waals surface area contributed by atoms with E-state index in [-0.39, 0.29) is 27.4 Å². The van der Waals surface area contributed by atoms with Gasteiger partial charge >= 0.3 is 0 Å². The van der Waals surface area contributed by atoms with E-state index in [1.807, 2.05) is 6.07 Å². The molecule has 39 heavy (non-hydrogen) atoms. The van der Waals surface area contributed by atoms with E-state index in [0.717, 1.165) is 43.2 Å². The van der Waals surface area contributed by atoms with Crippen LogP contribution in [0.15, 0.2) is 82.8 Å². The van der Waals surface area contributed by atoms with Gasteiger partial charge in [-0.05, 0) is 49.2 Å². The van der Waals surface area contributed by atoms with Crippen LogP contribution in [0.3, 0.4) is 0 Å². The topological polar surface area (TPSA) is 97.2 Å². The molecule has 1 saturated heterocycles. The molecule has 1 aliphatic rings. The van der Waals surface area contributed by atoms with Crippen molar-refractivity contribution in [2.24, 2.45) is 0 Å². The van der Waals surface area contributed by atoms with Gasteiger partial charge in [-0.15, -0.1) is 10.2 Å². The summed E-state index contributed by atoms with van der Waals surface area (Å²) in [5.41, 5.74) is 1.16. The molecule has 1 amide bonds. The zero-order valence-electron chi connectivity index (χ0n) is 20.8. The summed E-state index contributed by atoms with van der Waals surface area (Å²) in [7, 11) is -3.57. The number of nitrogens with one attached hydrogen (secondary N) is 1. The predicted octanol–water partition coefficient (Wildman–Crippen LogP) is 5.12. The molecule has 202 valence electrons. The van der Waals surface area contributed by atoms with Crippen molar-refractivity contribution < 1.29 is 22.0 Å². The van der Waals surface area contributed by atoms with E-state index in [1.54, 1.807) is 36.4 Å². The molecule has 1 aromatic heterocycles. The second-order valence-electron chi connectivity index (χ2n) is 8.93. The van der Waals surface area contributed by atoms with Gasteiger partial charge in [-0.25, -0.2) is 17.2 Å². The third kappa shape index (κ3) is 6.02. The Labute approximate surface area is 229 Å². The van der Waals surface area contributed by atoms with Crippen LogP contribution in [0.5, 0.6) is 0 Å². The van der Waals surface area contributed by atoms with E-state index >= 15 is 0 Å². The quantitative estimate of drug-likeness (QED) is 0.296. The van der Waals surface area contributed by atoms with Crippen molar-refractivity contribution in [3.8, 4) is 17.1 Å². The van der Waals surface area contributed by atoms with Crippen molar-refractivity contribution in [3.05, 3.63) is 84.4 Å². The average molecular weight is 570 g/mol. The van der Waals surface area contributed by atoms with Crippen molar-refractivity contribution in [1.29, 1.82) is 0 Å². The minimum Gasteiger partial charge on any atom is -0.325 e. The standard InChI is InChI=1S/C27H25F2N5O3S2/c28-20-9-14-24(23(29)17-20)34-26(19-7-3-1-4-8-19)31-32-27(34)38-18-25(35)30-21-10-12-22(13-11-21)39(36,37)33-15-5-2-6-16-33/h1,3-4,7-14,17H,2,5-6,15-16,18H2,(H,30,35). The number of thioether (sulfide) groups is 1. The monoisotopic (exact) mass is 569 g/mol. The summed E-state index contributed by atoms with van der Waals surface area (Å²) in [5.74, 6) is -1.62. The summed E-state index contributed by atoms with van der Waals surface area (Å²) in [5, 5.41) is 11.3. The van der Waals surface area contributed by atoms with Crippen molar-refractivity contribution in [2.75, 3.05) is 24.2 Å². The molecule has 4 aromatic rings. The van der Waals surface area contributed by atoms with E-state index in [4.69, 9.17) is 0 Å². The summed E-state index contributed by atoms with van der Waals surface area (Å²) in [6.45, 7) is 1.02. The molecule has 12 heteroatoms. The van der Waals surface area contributed by atoms with Crippen LogP contribution in [0.25, 0.3) is 17.1 Å². The van der Waals surface area contributed by atoms with Gasteiger partial charge in [-0.3, -0.25) is 9.36 Å². The molecule has 0 unspecified atom stereocenters. The Morgan fingerprint density at radius 3 is 2.33 bits per heavy atom. The third-order valence-electron chi connectivity index (χ3n) is 6.24. The molecule has 0 aliphatic carbocycles. The molecule has 2 heterocycles. The molecule has 0 atom stereocenters. The molecule has 1 N–H and O–H groups in total. The van der Waals surface area contributed by atoms with Crippen molar-refractivity contribution in [1.82, 2.24) is 19.1 Å². The number of carbonyl (C=O) groups excluding carboxylic acids is 1. The second kappa shape index (κ2) is 11.6. The third-order valence-corrected chi connectivity index (χ3v) is 9.08. The van der Waals surface area contributed by atoms with E-state index in [0.29, 0.717) is 30.2 Å². The molecule has 1 fully saturated rings. The van der Waals surface area contributed by atoms with Gasteiger partial charge in [0.25, 0.3) is 0 Å². The minimum absolute atomic E-state index is 0.0497. The highest BCUT2D eigenvalue weighted by atomic mass is 32.2. The molecule has 0 radical (unpaired) electrons. The van der Waals surface area contributed by atoms with Crippen LogP contribution in [0, 0.1) is 11.6 Å². The first-order valence-corrected chi connectivity index (χ1v) is 14.7. The van der Waals surface area contributed by atoms with Gasteiger partial charge in [0.2, 0.25) is 15.9 Å². The Balaban J connectivity index is 1.31. The number of rotatable bonds is 8. The van der Waals surface area contributed by atoms with Crippen LogP contribution >= 0.6 is 11.8 Å². The zero-order chi connectivity index (χ0) is 27.4. The first-order valence-electron chi connectivity index (χ1n) is 12.3. The summed E-state index contributed by atoms with van der Waals surface area (Å²) < 4.78 is 57.0. The number of nitrogens with zero attached hydrogens (tertiary/aromatic N) is 4. The van der Waals surface area contributed by atoms with E-state index in [1.165, 1.54) is 27.1 Å². The SMILES string of the molecule is O=C(CSc1nnc(-c2ccccc2)n1-c1ccc(F)cc1F)Nc1ccc(S(=O)(=O)N2CCCCC2)cc1. The molecular weight excluding hydrogens is 544 g/mol. The van der Waals surface area contributed by atoms with E-state index in [2.05, 4.69) is 15.5 Å². The number of benzene rings is 3. The van der Waals surface area contributed by atoms with Crippen LogP contribution in [-0.2, 0) is 14.8 Å². The van der Waals surface area contributed by atoms with Crippen LogP contribution in [0.4, 0.5) is 14.5 Å². The Morgan fingerprint density at radius 1 is 0.923 bits per heavy atom. The maximum atomic E-state index is 14.8. The normalized spacial score (nSPS) is 14.3. The molecule has 8 nitrogen and oxygen atoms in total. The molecule has 0 spiro atoms. The Bertz CT molecular complexity index is 1570. The Morgan fingerprint density at radius 2 is 1.64 bits per heavy atom. The average Bonchev–Trinajstić information content (AvgIpc) is 3.37. The minimum atomic E-state index is -3.57. The lowest BCUT2D eigenvalue weighted by Gasteiger charge is -2.25. The van der Waals surface area contributed by atoms with Gasteiger partial charge in [0.15, 0.2) is 11.0 Å². The highest BCUT2D eigenvalue weighted by Gasteiger charge is 2.26. The largest absolute Gasteiger partial charge is 0.325 e. The van der Waals surface area contributed by atoms with Gasteiger partial charge in [0.1, 0.15) is 11.6 Å². The number of hydrogen-bond donors (Lipinski definition) is 1. The lowest BCUT2D eigenvalue weighted by atomic mass is 10.2. The molecule has 1 aliphatic heterocycles. The van der Waals surface area contributed by atoms with Gasteiger partial charge in [-0.1, -0.05) is 48.5 Å². The van der Waals surface area contributed by atoms with Crippen LogP contribution in [0.1, 0.15) is 19.3 Å². The highest BCUT2D eigenvalue weighted by molar-refractivity contribution is 7.99. The zero-order valence-corrected chi connectivity index (χ0v) is 22.4. The number of hydrogen-bond acceptors (Lipinski definition) is 6. The number of halogens is 2.